The van der Waals surface area contributed by atoms with Gasteiger partial charge in [0.15, 0.2) is 0 Å². The van der Waals surface area contributed by atoms with Crippen LogP contribution in [0.4, 0.5) is 0 Å². The monoisotopic (exact) mass is 998 g/mol. The lowest BCUT2D eigenvalue weighted by molar-refractivity contribution is -0.870. The van der Waals surface area contributed by atoms with Crippen LogP contribution in [0.3, 0.4) is 0 Å². The quantitative estimate of drug-likeness (QED) is 0.0205. The van der Waals surface area contributed by atoms with E-state index in [0.717, 1.165) is 57.8 Å². The lowest BCUT2D eigenvalue weighted by Crippen LogP contribution is -2.47. The Kier molecular flexibility index (Phi) is 49.4. The molecule has 3 unspecified atom stereocenters. The van der Waals surface area contributed by atoms with Crippen LogP contribution in [-0.4, -0.2) is 74.3 Å². The van der Waals surface area contributed by atoms with Crippen LogP contribution in [0.5, 0.6) is 0 Å². The molecule has 0 saturated heterocycles. The molecule has 0 aliphatic carbocycles. The van der Waals surface area contributed by atoms with Gasteiger partial charge < -0.3 is 19.4 Å². The first-order valence-corrected chi connectivity index (χ1v) is 31.5. The molecule has 0 aliphatic heterocycles. The molecule has 0 aromatic rings. The molecule has 69 heavy (non-hydrogen) atoms. The van der Waals surface area contributed by atoms with E-state index in [2.05, 4.69) is 26.1 Å². The second-order valence-electron chi connectivity index (χ2n) is 21.9. The number of nitrogens with one attached hydrogen (secondary N) is 1. The van der Waals surface area contributed by atoms with Crippen LogP contribution in [0, 0.1) is 0 Å². The fourth-order valence-corrected chi connectivity index (χ4v) is 9.80. The summed E-state index contributed by atoms with van der Waals surface area (Å²) < 4.78 is 30.7. The highest BCUT2D eigenvalue weighted by atomic mass is 31.2. The minimum absolute atomic E-state index is 0.0456. The Hall–Kier alpha value is -1.25. The summed E-state index contributed by atoms with van der Waals surface area (Å²) in [5.41, 5.74) is 0. The fourth-order valence-electron chi connectivity index (χ4n) is 9.06. The summed E-state index contributed by atoms with van der Waals surface area (Å²) in [4.78, 5) is 37.6. The van der Waals surface area contributed by atoms with Crippen molar-refractivity contribution in [2.45, 2.75) is 315 Å². The van der Waals surface area contributed by atoms with Crippen molar-refractivity contribution >= 4 is 19.7 Å². The van der Waals surface area contributed by atoms with E-state index < -0.39 is 20.0 Å². The molecule has 410 valence electrons. The first-order valence-electron chi connectivity index (χ1n) is 30.0. The van der Waals surface area contributed by atoms with Crippen molar-refractivity contribution in [1.29, 1.82) is 0 Å². The number of unbranched alkanes of at least 4 members (excludes halogenated alkanes) is 39. The molecule has 0 radical (unpaired) electrons. The van der Waals surface area contributed by atoms with E-state index in [-0.39, 0.29) is 25.1 Å². The van der Waals surface area contributed by atoms with Gasteiger partial charge in [0.2, 0.25) is 5.91 Å². The van der Waals surface area contributed by atoms with Gasteiger partial charge in [-0.05, 0) is 31.8 Å². The molecule has 1 amide bonds. The molecule has 0 fully saturated rings. The third-order valence-corrected chi connectivity index (χ3v) is 14.7. The van der Waals surface area contributed by atoms with Crippen LogP contribution in [-0.2, 0) is 27.9 Å². The first kappa shape index (κ1) is 67.8. The molecule has 0 bridgehead atoms. The summed E-state index contributed by atoms with van der Waals surface area (Å²) in [6.07, 6.45) is 56.2. The van der Waals surface area contributed by atoms with E-state index in [4.69, 9.17) is 13.8 Å². The number of nitrogens with zero attached hydrogens (tertiary/aromatic N) is 1. The second kappa shape index (κ2) is 50.3. The average Bonchev–Trinajstić information content (AvgIpc) is 3.31. The van der Waals surface area contributed by atoms with Crippen molar-refractivity contribution in [3.8, 4) is 0 Å². The summed E-state index contributed by atoms with van der Waals surface area (Å²) in [5, 5.41) is 3.06. The van der Waals surface area contributed by atoms with Crippen molar-refractivity contribution in [3.63, 3.8) is 0 Å². The molecular formula is C59H118N2O7P+. The Morgan fingerprint density at radius 1 is 0.493 bits per heavy atom. The largest absolute Gasteiger partial charge is 0.472 e. The molecule has 0 rings (SSSR count). The van der Waals surface area contributed by atoms with Gasteiger partial charge in [-0.25, -0.2) is 4.57 Å². The smallest absolute Gasteiger partial charge is 0.456 e. The van der Waals surface area contributed by atoms with E-state index in [1.54, 1.807) is 0 Å². The minimum Gasteiger partial charge on any atom is -0.456 e. The molecule has 0 heterocycles. The number of likely N-dealkylation sites (N-methyl/N-ethyl adjacent to an activating group) is 1. The third-order valence-electron chi connectivity index (χ3n) is 13.7. The lowest BCUT2D eigenvalue weighted by Gasteiger charge is -2.27. The van der Waals surface area contributed by atoms with E-state index in [9.17, 15) is 19.0 Å². The number of rotatable bonds is 55. The van der Waals surface area contributed by atoms with E-state index in [1.165, 1.54) is 212 Å². The van der Waals surface area contributed by atoms with Crippen molar-refractivity contribution in [1.82, 2.24) is 5.32 Å². The number of phosphoric acid groups is 1. The van der Waals surface area contributed by atoms with Gasteiger partial charge in [0.05, 0.1) is 33.8 Å². The number of hydrogen-bond donors (Lipinski definition) is 2. The fraction of sp³-hybridized carbons (Fsp3) is 0.932. The number of allylic oxidation sites excluding steroid dienone is 1. The van der Waals surface area contributed by atoms with Gasteiger partial charge in [-0.3, -0.25) is 18.6 Å². The number of amides is 1. The molecular weight excluding hydrogens is 880 g/mol. The topological polar surface area (TPSA) is 111 Å². The van der Waals surface area contributed by atoms with Crippen LogP contribution >= 0.6 is 7.82 Å². The van der Waals surface area contributed by atoms with Gasteiger partial charge in [-0.15, -0.1) is 0 Å². The van der Waals surface area contributed by atoms with E-state index in [1.807, 2.05) is 33.3 Å². The molecule has 0 aromatic heterocycles. The van der Waals surface area contributed by atoms with Crippen molar-refractivity contribution in [2.24, 2.45) is 0 Å². The average molecular weight is 999 g/mol. The maximum Gasteiger partial charge on any atom is 0.472 e. The van der Waals surface area contributed by atoms with Crippen molar-refractivity contribution in [2.75, 3.05) is 40.9 Å². The first-order chi connectivity index (χ1) is 33.4. The summed E-state index contributed by atoms with van der Waals surface area (Å²) >= 11 is 0. The Morgan fingerprint density at radius 2 is 0.826 bits per heavy atom. The van der Waals surface area contributed by atoms with Crippen LogP contribution in [0.2, 0.25) is 0 Å². The number of hydrogen-bond acceptors (Lipinski definition) is 6. The van der Waals surface area contributed by atoms with E-state index >= 15 is 0 Å². The van der Waals surface area contributed by atoms with Crippen LogP contribution < -0.4 is 5.32 Å². The molecule has 3 atom stereocenters. The van der Waals surface area contributed by atoms with Crippen molar-refractivity contribution < 1.29 is 37.3 Å². The summed E-state index contributed by atoms with van der Waals surface area (Å²) in [5.74, 6) is -0.485. The standard InChI is InChI=1S/C59H117N2O7P/c1-7-10-13-16-19-22-25-28-29-30-31-34-36-39-42-45-48-51-58(62)60-56(55-67-69(64,65)66-54-53-61(4,5)6)57(50-47-44-41-38-35-32-26-23-20-17-14-11-8-2)68-59(63)52-49-46-43-40-37-33-27-24-21-18-15-12-9-3/h47,50,56-57H,7-46,48-49,51-55H2,1-6H3,(H-,60,62,64,65)/p+1/b50-47+. The molecule has 9 nitrogen and oxygen atoms in total. The lowest BCUT2D eigenvalue weighted by atomic mass is 10.0. The van der Waals surface area contributed by atoms with Gasteiger partial charge in [-0.2, -0.15) is 0 Å². The summed E-state index contributed by atoms with van der Waals surface area (Å²) in [6, 6.07) is -0.838. The summed E-state index contributed by atoms with van der Waals surface area (Å²) in [7, 11) is 1.52. The van der Waals surface area contributed by atoms with Gasteiger partial charge >= 0.3 is 13.8 Å². The number of carbonyl (C=O) groups excluding carboxylic acids is 2. The van der Waals surface area contributed by atoms with Crippen molar-refractivity contribution in [3.05, 3.63) is 12.2 Å². The maximum absolute atomic E-state index is 13.5. The third kappa shape index (κ3) is 51.5. The molecule has 2 N–H and O–H groups in total. The zero-order valence-electron chi connectivity index (χ0n) is 46.8. The predicted molar refractivity (Wildman–Crippen MR) is 296 cm³/mol. The summed E-state index contributed by atoms with van der Waals surface area (Å²) in [6.45, 7) is 7.06. The maximum atomic E-state index is 13.5. The second-order valence-corrected chi connectivity index (χ2v) is 23.3. The number of phosphoric ester groups is 1. The molecule has 0 saturated carbocycles. The number of quaternary nitrogens is 1. The van der Waals surface area contributed by atoms with Gasteiger partial charge in [0, 0.05) is 12.8 Å². The van der Waals surface area contributed by atoms with Crippen LogP contribution in [0.15, 0.2) is 12.2 Å². The zero-order chi connectivity index (χ0) is 50.8. The molecule has 0 aliphatic rings. The Labute approximate surface area is 429 Å². The molecule has 0 spiro atoms. The highest BCUT2D eigenvalue weighted by Gasteiger charge is 2.30. The van der Waals surface area contributed by atoms with E-state index in [0.29, 0.717) is 23.9 Å². The highest BCUT2D eigenvalue weighted by Crippen LogP contribution is 2.43. The normalized spacial score (nSPS) is 13.8. The Balaban J connectivity index is 5.28. The molecule has 0 aromatic carbocycles. The van der Waals surface area contributed by atoms with Gasteiger partial charge in [0.25, 0.3) is 0 Å². The Morgan fingerprint density at radius 3 is 1.19 bits per heavy atom. The number of carbonyl (C=O) groups is 2. The van der Waals surface area contributed by atoms with Gasteiger partial charge in [0.1, 0.15) is 19.3 Å². The Bertz CT molecular complexity index is 1190. The minimum atomic E-state index is -4.44. The highest BCUT2D eigenvalue weighted by molar-refractivity contribution is 7.47. The SMILES string of the molecule is CCCCCCCCCCCCC/C=C/C(OC(=O)CCCCCCCCCCCCCCC)C(COP(=O)(O)OCC[N+](C)(C)C)NC(=O)CCCCCCCCCCCCCCCCCCC. The predicted octanol–water partition coefficient (Wildman–Crippen LogP) is 18.0. The zero-order valence-corrected chi connectivity index (χ0v) is 47.7. The van der Waals surface area contributed by atoms with Crippen LogP contribution in [0.25, 0.3) is 0 Å². The van der Waals surface area contributed by atoms with Gasteiger partial charge in [-0.1, -0.05) is 271 Å². The number of esters is 1. The number of ether oxygens (including phenoxy) is 1. The molecule has 10 heteroatoms. The van der Waals surface area contributed by atoms with Crippen LogP contribution in [0.1, 0.15) is 303 Å².